The van der Waals surface area contributed by atoms with Crippen LogP contribution in [0.1, 0.15) is 72.6 Å². The van der Waals surface area contributed by atoms with E-state index in [4.69, 9.17) is 4.43 Å². The van der Waals surface area contributed by atoms with Crippen LogP contribution in [0.15, 0.2) is 0 Å². The SMILES string of the molecule is CCCC[P+](CCCC)(CCCC)C(CC)O[Si](C)(C)C. The molecule has 0 fully saturated rings. The standard InChI is InChI=1S/C18H42OPSi/c1-8-12-15-20(16-13-9-2,17-14-10-3)18(11-4)19-21(5,6)7/h18H,8-17H2,1-7H3/q+1. The Bertz CT molecular complexity index is 228. The summed E-state index contributed by atoms with van der Waals surface area (Å²) in [5.74, 6) is 0.591. The minimum absolute atomic E-state index is 0.591. The van der Waals surface area contributed by atoms with Crippen LogP contribution in [0.2, 0.25) is 19.6 Å². The Labute approximate surface area is 137 Å². The minimum atomic E-state index is -1.44. The largest absolute Gasteiger partial charge is 0.385 e. The topological polar surface area (TPSA) is 9.23 Å². The van der Waals surface area contributed by atoms with Gasteiger partial charge in [-0.3, -0.25) is 0 Å². The van der Waals surface area contributed by atoms with Crippen molar-refractivity contribution in [1.29, 1.82) is 0 Å². The quantitative estimate of drug-likeness (QED) is 0.260. The van der Waals surface area contributed by atoms with Gasteiger partial charge in [0.15, 0.2) is 14.2 Å². The Morgan fingerprint density at radius 1 is 0.762 bits per heavy atom. The van der Waals surface area contributed by atoms with Crippen molar-refractivity contribution in [1.82, 2.24) is 0 Å². The summed E-state index contributed by atoms with van der Waals surface area (Å²) < 4.78 is 6.73. The van der Waals surface area contributed by atoms with Crippen molar-refractivity contribution in [3.8, 4) is 0 Å². The van der Waals surface area contributed by atoms with Crippen molar-refractivity contribution in [2.75, 3.05) is 18.5 Å². The molecule has 0 bridgehead atoms. The van der Waals surface area contributed by atoms with Crippen LogP contribution < -0.4 is 0 Å². The molecule has 0 aromatic carbocycles. The van der Waals surface area contributed by atoms with Gasteiger partial charge in [0.25, 0.3) is 0 Å². The third kappa shape index (κ3) is 8.72. The molecule has 0 aliphatic carbocycles. The molecule has 0 aromatic rings. The van der Waals surface area contributed by atoms with Gasteiger partial charge in [-0.25, -0.2) is 0 Å². The van der Waals surface area contributed by atoms with Crippen LogP contribution in [0.3, 0.4) is 0 Å². The first-order valence-electron chi connectivity index (χ1n) is 9.38. The van der Waals surface area contributed by atoms with E-state index in [0.29, 0.717) is 5.85 Å². The lowest BCUT2D eigenvalue weighted by Gasteiger charge is -2.38. The molecule has 128 valence electrons. The highest BCUT2D eigenvalue weighted by atomic mass is 31.2. The zero-order valence-corrected chi connectivity index (χ0v) is 17.9. The molecule has 0 aromatic heterocycles. The second-order valence-electron chi connectivity index (χ2n) is 7.54. The Kier molecular flexibility index (Phi) is 11.5. The molecule has 0 amide bonds. The summed E-state index contributed by atoms with van der Waals surface area (Å²) in [6.45, 7) is 16.5. The van der Waals surface area contributed by atoms with E-state index in [1.54, 1.807) is 0 Å². The third-order valence-electron chi connectivity index (χ3n) is 4.32. The Morgan fingerprint density at radius 2 is 1.14 bits per heavy atom. The summed E-state index contributed by atoms with van der Waals surface area (Å²) in [4.78, 5) is 0. The molecular formula is C18H42OPSi+. The highest BCUT2D eigenvalue weighted by Gasteiger charge is 2.45. The molecule has 0 N–H and O–H groups in total. The number of rotatable bonds is 13. The van der Waals surface area contributed by atoms with Gasteiger partial charge in [0.1, 0.15) is 0 Å². The lowest BCUT2D eigenvalue weighted by molar-refractivity contribution is 0.266. The van der Waals surface area contributed by atoms with Crippen LogP contribution in [0.25, 0.3) is 0 Å². The van der Waals surface area contributed by atoms with Crippen LogP contribution in [0, 0.1) is 0 Å². The molecule has 1 atom stereocenters. The lowest BCUT2D eigenvalue weighted by atomic mass is 10.4. The van der Waals surface area contributed by atoms with Gasteiger partial charge in [-0.05, 0) is 38.9 Å². The zero-order valence-electron chi connectivity index (χ0n) is 16.0. The van der Waals surface area contributed by atoms with Crippen molar-refractivity contribution in [2.45, 2.75) is 98.1 Å². The fourth-order valence-corrected chi connectivity index (χ4v) is 11.2. The van der Waals surface area contributed by atoms with Gasteiger partial charge in [0.05, 0.1) is 18.5 Å². The van der Waals surface area contributed by atoms with Gasteiger partial charge in [0.2, 0.25) is 0 Å². The zero-order chi connectivity index (χ0) is 16.4. The first kappa shape index (κ1) is 21.6. The summed E-state index contributed by atoms with van der Waals surface area (Å²) in [5.41, 5.74) is 0. The van der Waals surface area contributed by atoms with Gasteiger partial charge in [-0.1, -0.05) is 47.0 Å². The smallest absolute Gasteiger partial charge is 0.188 e. The van der Waals surface area contributed by atoms with E-state index in [1.807, 2.05) is 0 Å². The van der Waals surface area contributed by atoms with Gasteiger partial charge in [0, 0.05) is 13.7 Å². The van der Waals surface area contributed by atoms with Crippen molar-refractivity contribution < 1.29 is 4.43 Å². The molecule has 0 heterocycles. The molecule has 0 rings (SSSR count). The number of hydrogen-bond donors (Lipinski definition) is 0. The minimum Gasteiger partial charge on any atom is -0.385 e. The second kappa shape index (κ2) is 11.2. The van der Waals surface area contributed by atoms with Crippen LogP contribution in [-0.4, -0.2) is 32.6 Å². The summed E-state index contributed by atoms with van der Waals surface area (Å²) in [6.07, 6.45) is 13.9. The summed E-state index contributed by atoms with van der Waals surface area (Å²) in [5, 5.41) is 0. The average molecular weight is 334 g/mol. The van der Waals surface area contributed by atoms with E-state index >= 15 is 0 Å². The Hall–Kier alpha value is 0.607. The normalized spacial score (nSPS) is 14.4. The summed E-state index contributed by atoms with van der Waals surface area (Å²) >= 11 is 0. The molecule has 1 nitrogen and oxygen atoms in total. The maximum absolute atomic E-state index is 6.73. The first-order chi connectivity index (χ1) is 9.85. The first-order valence-corrected chi connectivity index (χ1v) is 15.2. The van der Waals surface area contributed by atoms with Crippen LogP contribution in [0.5, 0.6) is 0 Å². The Balaban J connectivity index is 5.21. The predicted molar refractivity (Wildman–Crippen MR) is 105 cm³/mol. The molecule has 21 heavy (non-hydrogen) atoms. The van der Waals surface area contributed by atoms with E-state index in [9.17, 15) is 0 Å². The van der Waals surface area contributed by atoms with E-state index in [2.05, 4.69) is 47.3 Å². The number of unbranched alkanes of at least 4 members (excludes halogenated alkanes) is 3. The van der Waals surface area contributed by atoms with Gasteiger partial charge >= 0.3 is 0 Å². The van der Waals surface area contributed by atoms with Crippen LogP contribution in [0.4, 0.5) is 0 Å². The highest BCUT2D eigenvalue weighted by Crippen LogP contribution is 2.66. The van der Waals surface area contributed by atoms with Crippen molar-refractivity contribution in [2.24, 2.45) is 0 Å². The lowest BCUT2D eigenvalue weighted by Crippen LogP contribution is -2.35. The number of hydrogen-bond acceptors (Lipinski definition) is 1. The molecule has 0 aliphatic rings. The highest BCUT2D eigenvalue weighted by molar-refractivity contribution is 7.76. The van der Waals surface area contributed by atoms with E-state index in [0.717, 1.165) is 0 Å². The van der Waals surface area contributed by atoms with E-state index in [-0.39, 0.29) is 0 Å². The fourth-order valence-electron chi connectivity index (χ4n) is 3.18. The van der Waals surface area contributed by atoms with Crippen LogP contribution >= 0.6 is 7.26 Å². The van der Waals surface area contributed by atoms with Gasteiger partial charge < -0.3 is 4.43 Å². The predicted octanol–water partition coefficient (Wildman–Crippen LogP) is 6.99. The Morgan fingerprint density at radius 3 is 1.38 bits per heavy atom. The van der Waals surface area contributed by atoms with Gasteiger partial charge in [-0.15, -0.1) is 0 Å². The fraction of sp³-hybridized carbons (Fsp3) is 1.00. The average Bonchev–Trinajstić information content (AvgIpc) is 2.43. The molecule has 3 heteroatoms. The van der Waals surface area contributed by atoms with Gasteiger partial charge in [-0.2, -0.15) is 0 Å². The monoisotopic (exact) mass is 333 g/mol. The second-order valence-corrected chi connectivity index (χ2v) is 16.4. The maximum Gasteiger partial charge on any atom is 0.188 e. The van der Waals surface area contributed by atoms with E-state index in [1.165, 1.54) is 63.4 Å². The molecule has 0 saturated carbocycles. The molecule has 0 saturated heterocycles. The maximum atomic E-state index is 6.73. The summed E-state index contributed by atoms with van der Waals surface area (Å²) in [6, 6.07) is 0. The summed E-state index contributed by atoms with van der Waals surface area (Å²) in [7, 11) is -2.38. The molecular weight excluding hydrogens is 291 g/mol. The molecule has 0 aliphatic heterocycles. The van der Waals surface area contributed by atoms with Crippen molar-refractivity contribution >= 4 is 15.6 Å². The van der Waals surface area contributed by atoms with E-state index < -0.39 is 15.6 Å². The molecule has 0 spiro atoms. The van der Waals surface area contributed by atoms with Crippen molar-refractivity contribution in [3.63, 3.8) is 0 Å². The molecule has 1 unspecified atom stereocenters. The van der Waals surface area contributed by atoms with Crippen molar-refractivity contribution in [3.05, 3.63) is 0 Å². The molecule has 0 radical (unpaired) electrons. The third-order valence-corrected chi connectivity index (χ3v) is 10.8. The van der Waals surface area contributed by atoms with Crippen LogP contribution in [-0.2, 0) is 4.43 Å².